The summed E-state index contributed by atoms with van der Waals surface area (Å²) in [5.74, 6) is -0.620. The van der Waals surface area contributed by atoms with Crippen molar-refractivity contribution in [2.45, 2.75) is 19.4 Å². The van der Waals surface area contributed by atoms with E-state index in [4.69, 9.17) is 9.57 Å². The van der Waals surface area contributed by atoms with Gasteiger partial charge in [0.15, 0.2) is 0 Å². The first-order valence-corrected chi connectivity index (χ1v) is 7.43. The number of oxime groups is 1. The monoisotopic (exact) mass is 319 g/mol. The van der Waals surface area contributed by atoms with Crippen LogP contribution in [0.3, 0.4) is 0 Å². The van der Waals surface area contributed by atoms with Crippen molar-refractivity contribution in [1.29, 1.82) is 0 Å². The summed E-state index contributed by atoms with van der Waals surface area (Å²) in [6, 6.07) is 7.85. The molecule has 124 valence electrons. The lowest BCUT2D eigenvalue weighted by Gasteiger charge is -2.09. The minimum atomic E-state index is -0.696. The zero-order chi connectivity index (χ0) is 16.7. The van der Waals surface area contributed by atoms with Crippen LogP contribution in [0.4, 0.5) is 0 Å². The number of benzene rings is 1. The summed E-state index contributed by atoms with van der Waals surface area (Å²) in [6.45, 7) is 2.75. The third-order valence-electron chi connectivity index (χ3n) is 3.40. The summed E-state index contributed by atoms with van der Waals surface area (Å²) in [6.07, 6.45) is -0.307. The Kier molecular flexibility index (Phi) is 6.10. The molecular formula is C16H21N3O4. The second-order valence-corrected chi connectivity index (χ2v) is 5.26. The SMILES string of the molecule is COCCNC(=O)CNC(=O)[C@@H]1CC(c2ccc(C)cc2)=NO1. The van der Waals surface area contributed by atoms with Crippen LogP contribution in [0.5, 0.6) is 0 Å². The van der Waals surface area contributed by atoms with Crippen LogP contribution >= 0.6 is 0 Å². The number of carbonyl (C=O) groups is 2. The average Bonchev–Trinajstić information content (AvgIpc) is 3.03. The number of carbonyl (C=O) groups excluding carboxylic acids is 2. The maximum absolute atomic E-state index is 12.0. The van der Waals surface area contributed by atoms with Crippen molar-refractivity contribution in [3.05, 3.63) is 35.4 Å². The number of nitrogens with zero attached hydrogens (tertiary/aromatic N) is 1. The molecule has 2 rings (SSSR count). The van der Waals surface area contributed by atoms with E-state index in [9.17, 15) is 9.59 Å². The zero-order valence-corrected chi connectivity index (χ0v) is 13.3. The third-order valence-corrected chi connectivity index (χ3v) is 3.40. The molecule has 2 N–H and O–H groups in total. The van der Waals surface area contributed by atoms with E-state index < -0.39 is 6.10 Å². The molecule has 23 heavy (non-hydrogen) atoms. The third kappa shape index (κ3) is 5.07. The molecule has 0 unspecified atom stereocenters. The van der Waals surface area contributed by atoms with Crippen molar-refractivity contribution in [3.63, 3.8) is 0 Å². The van der Waals surface area contributed by atoms with E-state index in [1.54, 1.807) is 7.11 Å². The summed E-state index contributed by atoms with van der Waals surface area (Å²) >= 11 is 0. The molecule has 0 aromatic heterocycles. The van der Waals surface area contributed by atoms with Gasteiger partial charge in [0.25, 0.3) is 5.91 Å². The van der Waals surface area contributed by atoms with Crippen LogP contribution in [-0.4, -0.2) is 50.4 Å². The number of ether oxygens (including phenoxy) is 1. The predicted molar refractivity (Wildman–Crippen MR) is 85.1 cm³/mol. The predicted octanol–water partition coefficient (Wildman–Crippen LogP) is 0.367. The van der Waals surface area contributed by atoms with Crippen LogP contribution in [0, 0.1) is 6.92 Å². The number of methoxy groups -OCH3 is 1. The van der Waals surface area contributed by atoms with Crippen molar-refractivity contribution in [1.82, 2.24) is 10.6 Å². The van der Waals surface area contributed by atoms with E-state index >= 15 is 0 Å². The summed E-state index contributed by atoms with van der Waals surface area (Å²) in [7, 11) is 1.55. The Balaban J connectivity index is 1.75. The van der Waals surface area contributed by atoms with E-state index in [2.05, 4.69) is 15.8 Å². The van der Waals surface area contributed by atoms with Gasteiger partial charge < -0.3 is 20.2 Å². The van der Waals surface area contributed by atoms with Crippen LogP contribution in [0.15, 0.2) is 29.4 Å². The van der Waals surface area contributed by atoms with Gasteiger partial charge in [-0.2, -0.15) is 0 Å². The smallest absolute Gasteiger partial charge is 0.264 e. The molecule has 0 spiro atoms. The fourth-order valence-corrected chi connectivity index (χ4v) is 2.07. The van der Waals surface area contributed by atoms with Crippen LogP contribution in [0.1, 0.15) is 17.5 Å². The number of hydrogen-bond donors (Lipinski definition) is 2. The topological polar surface area (TPSA) is 89.0 Å². The lowest BCUT2D eigenvalue weighted by molar-refractivity contribution is -0.133. The molecule has 1 aromatic carbocycles. The second-order valence-electron chi connectivity index (χ2n) is 5.26. The molecule has 1 atom stereocenters. The standard InChI is InChI=1S/C16H21N3O4/c1-11-3-5-12(6-4-11)13-9-14(23-19-13)16(21)18-10-15(20)17-7-8-22-2/h3-6,14H,7-10H2,1-2H3,(H,17,20)(H,18,21)/t14-/m0/s1. The summed E-state index contributed by atoms with van der Waals surface area (Å²) in [4.78, 5) is 28.7. The Hall–Kier alpha value is -2.41. The first-order chi connectivity index (χ1) is 11.1. The van der Waals surface area contributed by atoms with Gasteiger partial charge in [-0.25, -0.2) is 0 Å². The largest absolute Gasteiger partial charge is 0.383 e. The van der Waals surface area contributed by atoms with Gasteiger partial charge in [0.1, 0.15) is 0 Å². The fourth-order valence-electron chi connectivity index (χ4n) is 2.07. The Morgan fingerprint density at radius 1 is 1.30 bits per heavy atom. The molecule has 0 saturated heterocycles. The van der Waals surface area contributed by atoms with Crippen LogP contribution in [0.25, 0.3) is 0 Å². The highest BCUT2D eigenvalue weighted by atomic mass is 16.6. The van der Waals surface area contributed by atoms with E-state index in [0.717, 1.165) is 16.8 Å². The van der Waals surface area contributed by atoms with Gasteiger partial charge in [-0.15, -0.1) is 0 Å². The highest BCUT2D eigenvalue weighted by Crippen LogP contribution is 2.17. The maximum atomic E-state index is 12.0. The minimum absolute atomic E-state index is 0.0950. The molecule has 0 aliphatic carbocycles. The van der Waals surface area contributed by atoms with E-state index in [-0.39, 0.29) is 18.4 Å². The molecule has 0 saturated carbocycles. The van der Waals surface area contributed by atoms with Crippen LogP contribution in [-0.2, 0) is 19.2 Å². The lowest BCUT2D eigenvalue weighted by Crippen LogP contribution is -2.42. The van der Waals surface area contributed by atoms with E-state index in [1.165, 1.54) is 0 Å². The summed E-state index contributed by atoms with van der Waals surface area (Å²) in [5, 5.41) is 9.13. The van der Waals surface area contributed by atoms with Crippen LogP contribution < -0.4 is 10.6 Å². The lowest BCUT2D eigenvalue weighted by atomic mass is 10.0. The Bertz CT molecular complexity index is 583. The van der Waals surface area contributed by atoms with E-state index in [0.29, 0.717) is 19.6 Å². The van der Waals surface area contributed by atoms with Crippen molar-refractivity contribution < 1.29 is 19.2 Å². The number of nitrogens with one attached hydrogen (secondary N) is 2. The van der Waals surface area contributed by atoms with Crippen LogP contribution in [0.2, 0.25) is 0 Å². The normalized spacial score (nSPS) is 16.4. The van der Waals surface area contributed by atoms with Crippen molar-refractivity contribution in [2.75, 3.05) is 26.8 Å². The van der Waals surface area contributed by atoms with Crippen molar-refractivity contribution in [2.24, 2.45) is 5.16 Å². The highest BCUT2D eigenvalue weighted by Gasteiger charge is 2.28. The Morgan fingerprint density at radius 3 is 2.74 bits per heavy atom. The van der Waals surface area contributed by atoms with Gasteiger partial charge in [0.2, 0.25) is 12.0 Å². The Labute approximate surface area is 135 Å². The molecular weight excluding hydrogens is 298 g/mol. The zero-order valence-electron chi connectivity index (χ0n) is 13.3. The molecule has 1 aromatic rings. The first-order valence-electron chi connectivity index (χ1n) is 7.43. The number of rotatable bonds is 7. The first kappa shape index (κ1) is 17.0. The van der Waals surface area contributed by atoms with Gasteiger partial charge in [-0.3, -0.25) is 9.59 Å². The molecule has 0 radical (unpaired) electrons. The van der Waals surface area contributed by atoms with Gasteiger partial charge in [-0.05, 0) is 12.5 Å². The van der Waals surface area contributed by atoms with Gasteiger partial charge >= 0.3 is 0 Å². The summed E-state index contributed by atoms with van der Waals surface area (Å²) in [5.41, 5.74) is 2.82. The molecule has 0 bridgehead atoms. The van der Waals surface area contributed by atoms with Gasteiger partial charge in [0, 0.05) is 20.1 Å². The number of amides is 2. The summed E-state index contributed by atoms with van der Waals surface area (Å²) < 4.78 is 4.82. The molecule has 7 nitrogen and oxygen atoms in total. The van der Waals surface area contributed by atoms with Gasteiger partial charge in [-0.1, -0.05) is 35.0 Å². The molecule has 7 heteroatoms. The average molecular weight is 319 g/mol. The van der Waals surface area contributed by atoms with E-state index in [1.807, 2.05) is 31.2 Å². The number of aryl methyl sites for hydroxylation is 1. The fraction of sp³-hybridized carbons (Fsp3) is 0.438. The van der Waals surface area contributed by atoms with Gasteiger partial charge in [0.05, 0.1) is 18.9 Å². The molecule has 0 fully saturated rings. The minimum Gasteiger partial charge on any atom is -0.383 e. The molecule has 1 aliphatic heterocycles. The molecule has 1 aliphatic rings. The highest BCUT2D eigenvalue weighted by molar-refractivity contribution is 6.04. The van der Waals surface area contributed by atoms with Crippen molar-refractivity contribution in [3.8, 4) is 0 Å². The Morgan fingerprint density at radius 2 is 2.04 bits per heavy atom. The quantitative estimate of drug-likeness (QED) is 0.711. The molecule has 2 amide bonds. The molecule has 1 heterocycles. The number of hydrogen-bond acceptors (Lipinski definition) is 5. The van der Waals surface area contributed by atoms with Crippen molar-refractivity contribution >= 4 is 17.5 Å². The second kappa shape index (κ2) is 8.28. The maximum Gasteiger partial charge on any atom is 0.264 e.